The molecule has 4 nitrogen and oxygen atoms in total. The molecule has 0 aliphatic carbocycles. The van der Waals surface area contributed by atoms with Gasteiger partial charge in [0.1, 0.15) is 11.6 Å². The van der Waals surface area contributed by atoms with Gasteiger partial charge in [0.25, 0.3) is 5.91 Å². The molecule has 1 atom stereocenters. The zero-order chi connectivity index (χ0) is 15.7. The van der Waals surface area contributed by atoms with Gasteiger partial charge in [-0.05, 0) is 44.0 Å². The van der Waals surface area contributed by atoms with E-state index in [1.54, 1.807) is 13.0 Å². The van der Waals surface area contributed by atoms with Gasteiger partial charge in [-0.15, -0.1) is 0 Å². The average molecular weight is 296 g/mol. The third-order valence-electron chi connectivity index (χ3n) is 2.92. The summed E-state index contributed by atoms with van der Waals surface area (Å²) in [6.07, 6.45) is 1.24. The quantitative estimate of drug-likeness (QED) is 0.689. The van der Waals surface area contributed by atoms with Gasteiger partial charge in [0.05, 0.1) is 0 Å². The molecule has 0 spiro atoms. The molecule has 0 heterocycles. The van der Waals surface area contributed by atoms with Crippen molar-refractivity contribution in [3.05, 3.63) is 29.6 Å². The fourth-order valence-corrected chi connectivity index (χ4v) is 1.85. The van der Waals surface area contributed by atoms with E-state index >= 15 is 0 Å². The summed E-state index contributed by atoms with van der Waals surface area (Å²) in [5.41, 5.74) is 0.805. The molecule has 2 N–H and O–H groups in total. The van der Waals surface area contributed by atoms with Crippen LogP contribution in [0.25, 0.3) is 0 Å². The minimum Gasteiger partial charge on any atom is -0.481 e. The minimum absolute atomic E-state index is 0.188. The van der Waals surface area contributed by atoms with Gasteiger partial charge in [0, 0.05) is 19.2 Å². The Morgan fingerprint density at radius 1 is 1.24 bits per heavy atom. The van der Waals surface area contributed by atoms with Gasteiger partial charge in [-0.2, -0.15) is 0 Å². The van der Waals surface area contributed by atoms with Crippen LogP contribution in [0.4, 0.5) is 4.39 Å². The highest BCUT2D eigenvalue weighted by Gasteiger charge is 2.14. The normalized spacial score (nSPS) is 12.0. The van der Waals surface area contributed by atoms with Gasteiger partial charge in [0.2, 0.25) is 0 Å². The van der Waals surface area contributed by atoms with Crippen LogP contribution in [-0.4, -0.2) is 25.1 Å². The molecule has 1 amide bonds. The topological polar surface area (TPSA) is 50.4 Å². The predicted octanol–water partition coefficient (Wildman–Crippen LogP) is 2.62. The summed E-state index contributed by atoms with van der Waals surface area (Å²) in [5.74, 6) is -0.170. The Hall–Kier alpha value is -1.62. The Bertz CT molecular complexity index is 452. The smallest absolute Gasteiger partial charge is 0.260 e. The van der Waals surface area contributed by atoms with E-state index in [0.717, 1.165) is 24.9 Å². The largest absolute Gasteiger partial charge is 0.481 e. The van der Waals surface area contributed by atoms with E-state index in [9.17, 15) is 9.18 Å². The number of rotatable bonds is 9. The molecular formula is C16H25FN2O2. The molecule has 21 heavy (non-hydrogen) atoms. The SMILES string of the molecule is CCCNCc1cc(F)cc(OC(C)C(=O)NCCC)c1. The monoisotopic (exact) mass is 296 g/mol. The molecule has 0 saturated heterocycles. The second-order valence-corrected chi connectivity index (χ2v) is 5.02. The number of hydrogen-bond donors (Lipinski definition) is 2. The number of carbonyl (C=O) groups is 1. The molecule has 5 heteroatoms. The van der Waals surface area contributed by atoms with Crippen molar-refractivity contribution in [2.24, 2.45) is 0 Å². The highest BCUT2D eigenvalue weighted by atomic mass is 19.1. The summed E-state index contributed by atoms with van der Waals surface area (Å²) < 4.78 is 19.1. The van der Waals surface area contributed by atoms with Crippen LogP contribution in [0, 0.1) is 5.82 Å². The van der Waals surface area contributed by atoms with E-state index in [1.165, 1.54) is 12.1 Å². The molecule has 1 aromatic rings. The number of hydrogen-bond acceptors (Lipinski definition) is 3. The third kappa shape index (κ3) is 6.58. The van der Waals surface area contributed by atoms with E-state index in [0.29, 0.717) is 18.8 Å². The van der Waals surface area contributed by atoms with Gasteiger partial charge in [0.15, 0.2) is 6.10 Å². The van der Waals surface area contributed by atoms with Crippen molar-refractivity contribution in [1.82, 2.24) is 10.6 Å². The lowest BCUT2D eigenvalue weighted by Gasteiger charge is -2.15. The molecular weight excluding hydrogens is 271 g/mol. The van der Waals surface area contributed by atoms with Crippen LogP contribution in [0.3, 0.4) is 0 Å². The van der Waals surface area contributed by atoms with Crippen molar-refractivity contribution in [2.45, 2.75) is 46.3 Å². The lowest BCUT2D eigenvalue weighted by atomic mass is 10.2. The first-order valence-electron chi connectivity index (χ1n) is 7.51. The molecule has 1 unspecified atom stereocenters. The number of amides is 1. The summed E-state index contributed by atoms with van der Waals surface area (Å²) in [6, 6.07) is 4.53. The number of ether oxygens (including phenoxy) is 1. The molecule has 0 aliphatic heterocycles. The number of nitrogens with one attached hydrogen (secondary N) is 2. The van der Waals surface area contributed by atoms with E-state index in [-0.39, 0.29) is 11.7 Å². The van der Waals surface area contributed by atoms with Crippen molar-refractivity contribution in [2.75, 3.05) is 13.1 Å². The van der Waals surface area contributed by atoms with Gasteiger partial charge >= 0.3 is 0 Å². The van der Waals surface area contributed by atoms with E-state index < -0.39 is 6.10 Å². The number of halogens is 1. The molecule has 0 saturated carbocycles. The maximum Gasteiger partial charge on any atom is 0.260 e. The molecule has 0 fully saturated rings. The van der Waals surface area contributed by atoms with Crippen molar-refractivity contribution < 1.29 is 13.9 Å². The first kappa shape index (κ1) is 17.4. The Kier molecular flexibility index (Phi) is 7.75. The van der Waals surface area contributed by atoms with Crippen LogP contribution in [0.15, 0.2) is 18.2 Å². The van der Waals surface area contributed by atoms with Crippen LogP contribution in [0.2, 0.25) is 0 Å². The first-order valence-corrected chi connectivity index (χ1v) is 7.51. The summed E-state index contributed by atoms with van der Waals surface area (Å²) in [6.45, 7) is 7.78. The maximum atomic E-state index is 13.6. The highest BCUT2D eigenvalue weighted by Crippen LogP contribution is 2.18. The lowest BCUT2D eigenvalue weighted by molar-refractivity contribution is -0.127. The Morgan fingerprint density at radius 2 is 1.95 bits per heavy atom. The summed E-state index contributed by atoms with van der Waals surface area (Å²) in [4.78, 5) is 11.7. The Balaban J connectivity index is 2.63. The number of benzene rings is 1. The second-order valence-electron chi connectivity index (χ2n) is 5.02. The molecule has 0 radical (unpaired) electrons. The Morgan fingerprint density at radius 3 is 2.62 bits per heavy atom. The van der Waals surface area contributed by atoms with Crippen LogP contribution in [-0.2, 0) is 11.3 Å². The van der Waals surface area contributed by atoms with E-state index in [1.807, 2.05) is 6.92 Å². The zero-order valence-electron chi connectivity index (χ0n) is 13.0. The van der Waals surface area contributed by atoms with Crippen LogP contribution in [0.5, 0.6) is 5.75 Å². The van der Waals surface area contributed by atoms with Crippen LogP contribution < -0.4 is 15.4 Å². The summed E-state index contributed by atoms with van der Waals surface area (Å²) in [7, 11) is 0. The maximum absolute atomic E-state index is 13.6. The van der Waals surface area contributed by atoms with Gasteiger partial charge < -0.3 is 15.4 Å². The second kappa shape index (κ2) is 9.34. The predicted molar refractivity (Wildman–Crippen MR) is 81.8 cm³/mol. The van der Waals surface area contributed by atoms with Crippen molar-refractivity contribution in [1.29, 1.82) is 0 Å². The van der Waals surface area contributed by atoms with Gasteiger partial charge in [-0.25, -0.2) is 4.39 Å². The summed E-state index contributed by atoms with van der Waals surface area (Å²) in [5, 5.41) is 5.96. The van der Waals surface area contributed by atoms with E-state index in [4.69, 9.17) is 4.74 Å². The van der Waals surface area contributed by atoms with E-state index in [2.05, 4.69) is 17.6 Å². The standard InChI is InChI=1S/C16H25FN2O2/c1-4-6-18-11-13-8-14(17)10-15(9-13)21-12(3)16(20)19-7-5-2/h8-10,12,18H,4-7,11H2,1-3H3,(H,19,20). The minimum atomic E-state index is -0.644. The molecule has 1 rings (SSSR count). The number of carbonyl (C=O) groups excluding carboxylic acids is 1. The fourth-order valence-electron chi connectivity index (χ4n) is 1.85. The Labute approximate surface area is 126 Å². The first-order chi connectivity index (χ1) is 10.1. The lowest BCUT2D eigenvalue weighted by Crippen LogP contribution is -2.36. The fraction of sp³-hybridized carbons (Fsp3) is 0.562. The zero-order valence-corrected chi connectivity index (χ0v) is 13.0. The molecule has 0 bridgehead atoms. The van der Waals surface area contributed by atoms with Crippen molar-refractivity contribution >= 4 is 5.91 Å². The molecule has 0 aromatic heterocycles. The molecule has 1 aromatic carbocycles. The average Bonchev–Trinajstić information content (AvgIpc) is 2.44. The van der Waals surface area contributed by atoms with Crippen molar-refractivity contribution in [3.8, 4) is 5.75 Å². The highest BCUT2D eigenvalue weighted by molar-refractivity contribution is 5.80. The molecule has 118 valence electrons. The molecule has 0 aliphatic rings. The van der Waals surface area contributed by atoms with Crippen LogP contribution >= 0.6 is 0 Å². The third-order valence-corrected chi connectivity index (χ3v) is 2.92. The van der Waals surface area contributed by atoms with Gasteiger partial charge in [-0.1, -0.05) is 13.8 Å². The van der Waals surface area contributed by atoms with Crippen molar-refractivity contribution in [3.63, 3.8) is 0 Å². The van der Waals surface area contributed by atoms with Gasteiger partial charge in [-0.3, -0.25) is 4.79 Å². The summed E-state index contributed by atoms with van der Waals surface area (Å²) >= 11 is 0. The van der Waals surface area contributed by atoms with Crippen LogP contribution in [0.1, 0.15) is 39.2 Å².